The highest BCUT2D eigenvalue weighted by Crippen LogP contribution is 2.12. The van der Waals surface area contributed by atoms with Crippen LogP contribution in [0.1, 0.15) is 16.8 Å². The van der Waals surface area contributed by atoms with Crippen molar-refractivity contribution in [2.75, 3.05) is 13.1 Å². The summed E-state index contributed by atoms with van der Waals surface area (Å²) < 4.78 is 1.60. The number of amides is 1. The second-order valence-electron chi connectivity index (χ2n) is 3.60. The van der Waals surface area contributed by atoms with E-state index in [1.165, 1.54) is 0 Å². The summed E-state index contributed by atoms with van der Waals surface area (Å²) in [6.07, 6.45) is 3.54. The molecular weight excluding hydrogens is 182 g/mol. The van der Waals surface area contributed by atoms with Crippen molar-refractivity contribution in [2.24, 2.45) is 7.05 Å². The molecule has 1 amide bonds. The SMILES string of the molecule is Cn1cc(C(=O)N2CC[C@H](O)C2)cn1. The van der Waals surface area contributed by atoms with Crippen LogP contribution < -0.4 is 0 Å². The minimum Gasteiger partial charge on any atom is -0.391 e. The first-order valence-corrected chi connectivity index (χ1v) is 4.63. The maximum absolute atomic E-state index is 11.8. The zero-order valence-electron chi connectivity index (χ0n) is 8.05. The zero-order chi connectivity index (χ0) is 10.1. The van der Waals surface area contributed by atoms with Crippen molar-refractivity contribution >= 4 is 5.91 Å². The summed E-state index contributed by atoms with van der Waals surface area (Å²) in [7, 11) is 1.77. The molecule has 1 aliphatic heterocycles. The molecule has 2 rings (SSSR count). The Kier molecular flexibility index (Phi) is 2.25. The van der Waals surface area contributed by atoms with Gasteiger partial charge in [-0.15, -0.1) is 0 Å². The number of β-amino-alcohol motifs (C(OH)–C–C–N with tert-alkyl or cyclic N) is 1. The van der Waals surface area contributed by atoms with Crippen molar-refractivity contribution in [1.82, 2.24) is 14.7 Å². The minimum atomic E-state index is -0.365. The van der Waals surface area contributed by atoms with Crippen molar-refractivity contribution in [1.29, 1.82) is 0 Å². The Morgan fingerprint density at radius 1 is 1.71 bits per heavy atom. The van der Waals surface area contributed by atoms with Gasteiger partial charge in [-0.25, -0.2) is 0 Å². The molecule has 1 aliphatic rings. The van der Waals surface area contributed by atoms with E-state index in [0.717, 1.165) is 0 Å². The van der Waals surface area contributed by atoms with Crippen molar-refractivity contribution in [2.45, 2.75) is 12.5 Å². The number of aryl methyl sites for hydroxylation is 1. The van der Waals surface area contributed by atoms with E-state index in [2.05, 4.69) is 5.10 Å². The van der Waals surface area contributed by atoms with Crippen molar-refractivity contribution in [3.63, 3.8) is 0 Å². The first kappa shape index (κ1) is 9.21. The summed E-state index contributed by atoms with van der Waals surface area (Å²) in [4.78, 5) is 13.4. The highest BCUT2D eigenvalue weighted by atomic mass is 16.3. The Bertz CT molecular complexity index is 348. The number of hydrogen-bond acceptors (Lipinski definition) is 3. The van der Waals surface area contributed by atoms with Crippen LogP contribution in [0.5, 0.6) is 0 Å². The lowest BCUT2D eigenvalue weighted by Gasteiger charge is -2.13. The maximum Gasteiger partial charge on any atom is 0.257 e. The highest BCUT2D eigenvalue weighted by Gasteiger charge is 2.25. The second kappa shape index (κ2) is 3.42. The van der Waals surface area contributed by atoms with Crippen LogP contribution in [0.25, 0.3) is 0 Å². The van der Waals surface area contributed by atoms with E-state index in [1.54, 1.807) is 29.0 Å². The molecule has 0 unspecified atom stereocenters. The average molecular weight is 195 g/mol. The lowest BCUT2D eigenvalue weighted by molar-refractivity contribution is 0.0765. The lowest BCUT2D eigenvalue weighted by Crippen LogP contribution is -2.29. The molecule has 5 nitrogen and oxygen atoms in total. The van der Waals surface area contributed by atoms with Crippen LogP contribution in [-0.4, -0.2) is 44.9 Å². The third-order valence-corrected chi connectivity index (χ3v) is 2.40. The predicted octanol–water partition coefficient (Wildman–Crippen LogP) is -0.373. The summed E-state index contributed by atoms with van der Waals surface area (Å²) in [5, 5.41) is 13.2. The number of aliphatic hydroxyl groups excluding tert-OH is 1. The first-order valence-electron chi connectivity index (χ1n) is 4.63. The van der Waals surface area contributed by atoms with Gasteiger partial charge in [0.1, 0.15) is 0 Å². The van der Waals surface area contributed by atoms with Gasteiger partial charge >= 0.3 is 0 Å². The number of rotatable bonds is 1. The van der Waals surface area contributed by atoms with Gasteiger partial charge in [0.25, 0.3) is 5.91 Å². The van der Waals surface area contributed by atoms with E-state index in [9.17, 15) is 9.90 Å². The van der Waals surface area contributed by atoms with Crippen LogP contribution in [0.3, 0.4) is 0 Å². The van der Waals surface area contributed by atoms with Crippen LogP contribution in [-0.2, 0) is 7.05 Å². The zero-order valence-corrected chi connectivity index (χ0v) is 8.05. The monoisotopic (exact) mass is 195 g/mol. The van der Waals surface area contributed by atoms with Crippen molar-refractivity contribution in [3.05, 3.63) is 18.0 Å². The molecule has 1 saturated heterocycles. The molecule has 0 bridgehead atoms. The third-order valence-electron chi connectivity index (χ3n) is 2.40. The topological polar surface area (TPSA) is 58.4 Å². The number of carbonyl (C=O) groups is 1. The Labute approximate surface area is 81.9 Å². The summed E-state index contributed by atoms with van der Waals surface area (Å²) in [5.74, 6) is -0.0466. The molecule has 1 atom stereocenters. The molecule has 76 valence electrons. The fourth-order valence-electron chi connectivity index (χ4n) is 1.64. The fourth-order valence-corrected chi connectivity index (χ4v) is 1.64. The number of nitrogens with zero attached hydrogens (tertiary/aromatic N) is 3. The van der Waals surface area contributed by atoms with Crippen LogP contribution in [0.2, 0.25) is 0 Å². The molecule has 2 heterocycles. The van der Waals surface area contributed by atoms with Crippen LogP contribution >= 0.6 is 0 Å². The number of aliphatic hydroxyl groups is 1. The number of aromatic nitrogens is 2. The number of carbonyl (C=O) groups excluding carboxylic acids is 1. The van der Waals surface area contributed by atoms with E-state index >= 15 is 0 Å². The summed E-state index contributed by atoms with van der Waals surface area (Å²) >= 11 is 0. The molecule has 0 spiro atoms. The smallest absolute Gasteiger partial charge is 0.257 e. The Morgan fingerprint density at radius 3 is 3.00 bits per heavy atom. The quantitative estimate of drug-likeness (QED) is 0.665. The second-order valence-corrected chi connectivity index (χ2v) is 3.60. The van der Waals surface area contributed by atoms with E-state index in [-0.39, 0.29) is 12.0 Å². The van der Waals surface area contributed by atoms with Crippen LogP contribution in [0.15, 0.2) is 12.4 Å². The van der Waals surface area contributed by atoms with Gasteiger partial charge in [-0.2, -0.15) is 5.10 Å². The molecule has 0 radical (unpaired) electrons. The predicted molar refractivity (Wildman–Crippen MR) is 49.7 cm³/mol. The lowest BCUT2D eigenvalue weighted by atomic mass is 10.3. The third kappa shape index (κ3) is 1.63. The van der Waals surface area contributed by atoms with Gasteiger partial charge in [-0.05, 0) is 6.42 Å². The van der Waals surface area contributed by atoms with Gasteiger partial charge in [0.15, 0.2) is 0 Å². The van der Waals surface area contributed by atoms with Gasteiger partial charge in [0.2, 0.25) is 0 Å². The molecule has 1 N–H and O–H groups in total. The summed E-state index contributed by atoms with van der Waals surface area (Å²) in [6.45, 7) is 1.07. The largest absolute Gasteiger partial charge is 0.391 e. The Hall–Kier alpha value is -1.36. The normalized spacial score (nSPS) is 21.6. The highest BCUT2D eigenvalue weighted by molar-refractivity contribution is 5.93. The van der Waals surface area contributed by atoms with Gasteiger partial charge in [0.05, 0.1) is 17.9 Å². The van der Waals surface area contributed by atoms with E-state index in [0.29, 0.717) is 25.1 Å². The average Bonchev–Trinajstić information content (AvgIpc) is 2.73. The van der Waals surface area contributed by atoms with Gasteiger partial charge in [0, 0.05) is 26.3 Å². The maximum atomic E-state index is 11.8. The summed E-state index contributed by atoms with van der Waals surface area (Å²) in [5.41, 5.74) is 0.585. The first-order chi connectivity index (χ1) is 6.66. The molecule has 0 saturated carbocycles. The van der Waals surface area contributed by atoms with Gasteiger partial charge in [-0.1, -0.05) is 0 Å². The minimum absolute atomic E-state index is 0.0466. The van der Waals surface area contributed by atoms with Crippen molar-refractivity contribution in [3.8, 4) is 0 Å². The van der Waals surface area contributed by atoms with Crippen LogP contribution in [0.4, 0.5) is 0 Å². The fraction of sp³-hybridized carbons (Fsp3) is 0.556. The number of hydrogen-bond donors (Lipinski definition) is 1. The van der Waals surface area contributed by atoms with Crippen molar-refractivity contribution < 1.29 is 9.90 Å². The molecule has 1 aromatic heterocycles. The molecule has 0 aromatic carbocycles. The molecule has 14 heavy (non-hydrogen) atoms. The van der Waals surface area contributed by atoms with Gasteiger partial charge in [-0.3, -0.25) is 9.48 Å². The molecular formula is C9H13N3O2. The Morgan fingerprint density at radius 2 is 2.50 bits per heavy atom. The van der Waals surface area contributed by atoms with E-state index < -0.39 is 0 Å². The summed E-state index contributed by atoms with van der Waals surface area (Å²) in [6, 6.07) is 0. The Balaban J connectivity index is 2.09. The molecule has 1 aromatic rings. The molecule has 5 heteroatoms. The molecule has 1 fully saturated rings. The van der Waals surface area contributed by atoms with E-state index in [4.69, 9.17) is 0 Å². The van der Waals surface area contributed by atoms with Gasteiger partial charge < -0.3 is 10.0 Å². The number of likely N-dealkylation sites (tertiary alicyclic amines) is 1. The standard InChI is InChI=1S/C9H13N3O2/c1-11-5-7(4-10-11)9(14)12-3-2-8(13)6-12/h4-5,8,13H,2-3,6H2,1H3/t8-/m0/s1. The van der Waals surface area contributed by atoms with Crippen LogP contribution in [0, 0.1) is 0 Å². The van der Waals surface area contributed by atoms with E-state index in [1.807, 2.05) is 0 Å². The molecule has 0 aliphatic carbocycles.